The van der Waals surface area contributed by atoms with E-state index in [-0.39, 0.29) is 11.1 Å². The number of anilines is 1. The van der Waals surface area contributed by atoms with Crippen LogP contribution in [-0.2, 0) is 11.8 Å². The Bertz CT molecular complexity index is 669. The summed E-state index contributed by atoms with van der Waals surface area (Å²) in [6.45, 7) is 3.58. The number of hydrogen-bond donors (Lipinski definition) is 1. The molecule has 4 heteroatoms. The van der Waals surface area contributed by atoms with E-state index in [1.165, 1.54) is 0 Å². The van der Waals surface area contributed by atoms with E-state index in [0.29, 0.717) is 6.61 Å². The highest BCUT2D eigenvalue weighted by atomic mass is 16.5. The maximum Gasteiger partial charge on any atom is 0.252 e. The van der Waals surface area contributed by atoms with Crippen LogP contribution >= 0.6 is 0 Å². The van der Waals surface area contributed by atoms with E-state index in [4.69, 9.17) is 4.74 Å². The lowest BCUT2D eigenvalue weighted by Crippen LogP contribution is -2.35. The molecule has 0 bridgehead atoms. The summed E-state index contributed by atoms with van der Waals surface area (Å²) < 4.78 is 7.13. The number of nitrogens with zero attached hydrogens (tertiary/aromatic N) is 1. The summed E-state index contributed by atoms with van der Waals surface area (Å²) in [5.74, 6) is 0. The molecule has 19 heavy (non-hydrogen) atoms. The van der Waals surface area contributed by atoms with Crippen molar-refractivity contribution < 1.29 is 4.74 Å². The first-order valence-electron chi connectivity index (χ1n) is 6.54. The number of fused-ring (bicyclic) bond motifs is 1. The molecular weight excluding hydrogens is 240 g/mol. The second kappa shape index (κ2) is 4.38. The summed E-state index contributed by atoms with van der Waals surface area (Å²) in [6, 6.07) is 9.62. The molecule has 1 atom stereocenters. The summed E-state index contributed by atoms with van der Waals surface area (Å²) in [5, 5.41) is 4.56. The molecule has 0 amide bonds. The van der Waals surface area contributed by atoms with Crippen LogP contribution in [0.3, 0.4) is 0 Å². The van der Waals surface area contributed by atoms with Gasteiger partial charge >= 0.3 is 0 Å². The largest absolute Gasteiger partial charge is 0.379 e. The zero-order chi connectivity index (χ0) is 13.5. The van der Waals surface area contributed by atoms with Gasteiger partial charge in [-0.25, -0.2) is 0 Å². The van der Waals surface area contributed by atoms with Crippen LogP contribution in [0.25, 0.3) is 10.9 Å². The number of pyridine rings is 1. The number of nitrogens with one attached hydrogen (secondary N) is 1. The van der Waals surface area contributed by atoms with Gasteiger partial charge in [-0.15, -0.1) is 0 Å². The van der Waals surface area contributed by atoms with Crippen molar-refractivity contribution >= 4 is 16.6 Å². The van der Waals surface area contributed by atoms with Crippen LogP contribution in [0.2, 0.25) is 0 Å². The smallest absolute Gasteiger partial charge is 0.252 e. The Morgan fingerprint density at radius 1 is 1.37 bits per heavy atom. The molecule has 1 N–H and O–H groups in total. The van der Waals surface area contributed by atoms with Crippen LogP contribution < -0.4 is 10.9 Å². The van der Waals surface area contributed by atoms with Gasteiger partial charge in [0, 0.05) is 30.8 Å². The highest BCUT2D eigenvalue weighted by Crippen LogP contribution is 2.28. The molecule has 1 aliphatic rings. The zero-order valence-corrected chi connectivity index (χ0v) is 11.3. The monoisotopic (exact) mass is 258 g/mol. The molecule has 1 aromatic heterocycles. The van der Waals surface area contributed by atoms with Gasteiger partial charge in [0.1, 0.15) is 0 Å². The van der Waals surface area contributed by atoms with Gasteiger partial charge in [0.05, 0.1) is 17.7 Å². The topological polar surface area (TPSA) is 43.3 Å². The molecule has 100 valence electrons. The van der Waals surface area contributed by atoms with Crippen molar-refractivity contribution in [3.8, 4) is 0 Å². The molecule has 1 saturated heterocycles. The van der Waals surface area contributed by atoms with Gasteiger partial charge in [-0.05, 0) is 19.4 Å². The lowest BCUT2D eigenvalue weighted by atomic mass is 10.0. The van der Waals surface area contributed by atoms with Crippen molar-refractivity contribution in [1.29, 1.82) is 0 Å². The van der Waals surface area contributed by atoms with Gasteiger partial charge in [-0.3, -0.25) is 4.79 Å². The number of aryl methyl sites for hydroxylation is 1. The molecule has 1 aliphatic heterocycles. The summed E-state index contributed by atoms with van der Waals surface area (Å²) in [7, 11) is 1.80. The molecule has 0 aliphatic carbocycles. The average Bonchev–Trinajstić information content (AvgIpc) is 2.82. The zero-order valence-electron chi connectivity index (χ0n) is 11.3. The van der Waals surface area contributed by atoms with E-state index in [0.717, 1.165) is 29.6 Å². The summed E-state index contributed by atoms with van der Waals surface area (Å²) in [5.41, 5.74) is 1.75. The number of para-hydroxylation sites is 1. The minimum atomic E-state index is -0.0882. The lowest BCUT2D eigenvalue weighted by molar-refractivity contribution is 0.185. The lowest BCUT2D eigenvalue weighted by Gasteiger charge is -2.26. The third-order valence-corrected chi connectivity index (χ3v) is 3.81. The maximum atomic E-state index is 12.0. The Morgan fingerprint density at radius 3 is 2.89 bits per heavy atom. The first-order valence-corrected chi connectivity index (χ1v) is 6.54. The Morgan fingerprint density at radius 2 is 2.16 bits per heavy atom. The van der Waals surface area contributed by atoms with Crippen molar-refractivity contribution in [3.05, 3.63) is 40.7 Å². The fourth-order valence-corrected chi connectivity index (χ4v) is 2.60. The fraction of sp³-hybridized carbons (Fsp3) is 0.400. The maximum absolute atomic E-state index is 12.0. The Labute approximate surface area is 112 Å². The Hall–Kier alpha value is -1.81. The molecule has 4 nitrogen and oxygen atoms in total. The molecular formula is C15H18N2O2. The van der Waals surface area contributed by atoms with E-state index < -0.39 is 0 Å². The average molecular weight is 258 g/mol. The normalized spacial score (nSPS) is 22.8. The Balaban J connectivity index is 2.13. The van der Waals surface area contributed by atoms with E-state index in [1.807, 2.05) is 24.3 Å². The van der Waals surface area contributed by atoms with Gasteiger partial charge in [0.25, 0.3) is 5.56 Å². The minimum Gasteiger partial charge on any atom is -0.379 e. The quantitative estimate of drug-likeness (QED) is 0.897. The van der Waals surface area contributed by atoms with Crippen molar-refractivity contribution in [2.75, 3.05) is 18.5 Å². The standard InChI is InChI=1S/C15H18N2O2/c1-15(7-8-19-10-15)16-12-9-14(18)17(2)13-6-4-3-5-11(12)13/h3-6,9,16H,7-8,10H2,1-2H3. The van der Waals surface area contributed by atoms with E-state index in [1.54, 1.807) is 17.7 Å². The molecule has 0 radical (unpaired) electrons. The van der Waals surface area contributed by atoms with E-state index in [2.05, 4.69) is 12.2 Å². The van der Waals surface area contributed by atoms with Crippen LogP contribution in [0.4, 0.5) is 5.69 Å². The predicted octanol–water partition coefficient (Wildman–Crippen LogP) is 2.13. The molecule has 2 aromatic rings. The molecule has 0 spiro atoms. The third kappa shape index (κ3) is 2.12. The molecule has 1 unspecified atom stereocenters. The molecule has 1 aromatic carbocycles. The molecule has 3 rings (SSSR count). The highest BCUT2D eigenvalue weighted by Gasteiger charge is 2.30. The van der Waals surface area contributed by atoms with Crippen LogP contribution in [0.1, 0.15) is 13.3 Å². The predicted molar refractivity (Wildman–Crippen MR) is 76.7 cm³/mol. The minimum absolute atomic E-state index is 0.00344. The fourth-order valence-electron chi connectivity index (χ4n) is 2.60. The highest BCUT2D eigenvalue weighted by molar-refractivity contribution is 5.91. The van der Waals surface area contributed by atoms with Crippen LogP contribution in [0.5, 0.6) is 0 Å². The number of aromatic nitrogens is 1. The van der Waals surface area contributed by atoms with Gasteiger partial charge in [-0.1, -0.05) is 18.2 Å². The summed E-state index contributed by atoms with van der Waals surface area (Å²) in [4.78, 5) is 12.0. The molecule has 0 saturated carbocycles. The first-order chi connectivity index (χ1) is 9.09. The number of benzene rings is 1. The first kappa shape index (κ1) is 12.2. The number of ether oxygens (including phenoxy) is 1. The van der Waals surface area contributed by atoms with Gasteiger partial charge in [0.15, 0.2) is 0 Å². The van der Waals surface area contributed by atoms with Crippen molar-refractivity contribution in [3.63, 3.8) is 0 Å². The second-order valence-corrected chi connectivity index (χ2v) is 5.46. The summed E-state index contributed by atoms with van der Waals surface area (Å²) >= 11 is 0. The van der Waals surface area contributed by atoms with Gasteiger partial charge in [0.2, 0.25) is 0 Å². The van der Waals surface area contributed by atoms with Crippen molar-refractivity contribution in [2.45, 2.75) is 18.9 Å². The van der Waals surface area contributed by atoms with Gasteiger partial charge in [-0.2, -0.15) is 0 Å². The van der Waals surface area contributed by atoms with Crippen LogP contribution in [0, 0.1) is 0 Å². The number of hydrogen-bond acceptors (Lipinski definition) is 3. The van der Waals surface area contributed by atoms with Gasteiger partial charge < -0.3 is 14.6 Å². The molecule has 1 fully saturated rings. The van der Waals surface area contributed by atoms with Crippen molar-refractivity contribution in [1.82, 2.24) is 4.57 Å². The second-order valence-electron chi connectivity index (χ2n) is 5.46. The Kier molecular flexibility index (Phi) is 2.82. The van der Waals surface area contributed by atoms with Crippen LogP contribution in [0.15, 0.2) is 35.1 Å². The number of rotatable bonds is 2. The van der Waals surface area contributed by atoms with Crippen molar-refractivity contribution in [2.24, 2.45) is 7.05 Å². The molecule has 2 heterocycles. The van der Waals surface area contributed by atoms with Crippen LogP contribution in [-0.4, -0.2) is 23.3 Å². The van der Waals surface area contributed by atoms with E-state index >= 15 is 0 Å². The summed E-state index contributed by atoms with van der Waals surface area (Å²) in [6.07, 6.45) is 0.955. The van der Waals surface area contributed by atoms with E-state index in [9.17, 15) is 4.79 Å². The third-order valence-electron chi connectivity index (χ3n) is 3.81. The SMILES string of the molecule is Cn1c(=O)cc(NC2(C)CCOC2)c2ccccc21.